The molecule has 0 heterocycles. The van der Waals surface area contributed by atoms with E-state index in [1.165, 1.54) is 12.1 Å². The summed E-state index contributed by atoms with van der Waals surface area (Å²) in [6, 6.07) is 11.4. The van der Waals surface area contributed by atoms with Gasteiger partial charge in [-0.15, -0.1) is 0 Å². The van der Waals surface area contributed by atoms with E-state index in [-0.39, 0.29) is 5.02 Å². The molecule has 2 aromatic carbocycles. The summed E-state index contributed by atoms with van der Waals surface area (Å²) in [5.74, 6) is 0.383. The van der Waals surface area contributed by atoms with Crippen LogP contribution < -0.4 is 4.74 Å². The van der Waals surface area contributed by atoms with Crippen molar-refractivity contribution in [3.63, 3.8) is 0 Å². The van der Waals surface area contributed by atoms with Gasteiger partial charge >= 0.3 is 0 Å². The molecule has 0 aliphatic carbocycles. The molecular formula is C14H9ClFNO. The third-order valence-electron chi connectivity index (χ3n) is 2.45. The third-order valence-corrected chi connectivity index (χ3v) is 2.75. The molecule has 90 valence electrons. The van der Waals surface area contributed by atoms with Crippen LogP contribution in [0.15, 0.2) is 36.4 Å². The minimum absolute atomic E-state index is 0.0540. The summed E-state index contributed by atoms with van der Waals surface area (Å²) in [5, 5.41) is 8.86. The van der Waals surface area contributed by atoms with Crippen LogP contribution in [0.4, 0.5) is 4.39 Å². The second-order valence-electron chi connectivity index (χ2n) is 3.77. The lowest BCUT2D eigenvalue weighted by Crippen LogP contribution is -1.88. The smallest absolute Gasteiger partial charge is 0.145 e. The Morgan fingerprint density at radius 3 is 2.44 bits per heavy atom. The van der Waals surface area contributed by atoms with Crippen molar-refractivity contribution in [3.05, 3.63) is 58.4 Å². The number of nitrogens with zero attached hydrogens (tertiary/aromatic N) is 1. The van der Waals surface area contributed by atoms with Crippen LogP contribution in [-0.4, -0.2) is 0 Å². The predicted molar refractivity (Wildman–Crippen MR) is 67.4 cm³/mol. The zero-order valence-corrected chi connectivity index (χ0v) is 10.3. The number of halogens is 2. The van der Waals surface area contributed by atoms with E-state index in [4.69, 9.17) is 21.6 Å². The Kier molecular flexibility index (Phi) is 3.50. The van der Waals surface area contributed by atoms with Crippen molar-refractivity contribution in [1.29, 1.82) is 5.26 Å². The summed E-state index contributed by atoms with van der Waals surface area (Å²) in [4.78, 5) is 0. The van der Waals surface area contributed by atoms with E-state index in [0.717, 1.165) is 5.56 Å². The highest BCUT2D eigenvalue weighted by molar-refractivity contribution is 6.30. The summed E-state index contributed by atoms with van der Waals surface area (Å²) >= 11 is 5.58. The standard InChI is InChI=1S/C14H9ClFNO/c1-9-6-11(3-2-10(9)8-17)18-12-4-5-13(15)14(16)7-12/h2-7H,1H3. The Morgan fingerprint density at radius 2 is 1.83 bits per heavy atom. The fourth-order valence-electron chi connectivity index (χ4n) is 1.50. The van der Waals surface area contributed by atoms with E-state index >= 15 is 0 Å². The van der Waals surface area contributed by atoms with Gasteiger partial charge in [-0.3, -0.25) is 0 Å². The Morgan fingerprint density at radius 1 is 1.17 bits per heavy atom. The summed E-state index contributed by atoms with van der Waals surface area (Å²) in [5.41, 5.74) is 1.40. The molecule has 18 heavy (non-hydrogen) atoms. The van der Waals surface area contributed by atoms with Crippen LogP contribution in [0.5, 0.6) is 11.5 Å². The maximum atomic E-state index is 13.2. The molecule has 0 amide bonds. The van der Waals surface area contributed by atoms with Gasteiger partial charge in [0, 0.05) is 6.07 Å². The summed E-state index contributed by atoms with van der Waals surface area (Å²) in [7, 11) is 0. The predicted octanol–water partition coefficient (Wildman–Crippen LogP) is 4.45. The number of rotatable bonds is 2. The number of nitriles is 1. The van der Waals surface area contributed by atoms with Crippen molar-refractivity contribution in [3.8, 4) is 17.6 Å². The quantitative estimate of drug-likeness (QED) is 0.800. The molecule has 0 fully saturated rings. The van der Waals surface area contributed by atoms with Gasteiger partial charge in [0.1, 0.15) is 17.3 Å². The number of aryl methyl sites for hydroxylation is 1. The van der Waals surface area contributed by atoms with Gasteiger partial charge in [-0.2, -0.15) is 5.26 Å². The van der Waals surface area contributed by atoms with Crippen LogP contribution in [0.25, 0.3) is 0 Å². The van der Waals surface area contributed by atoms with E-state index in [2.05, 4.69) is 6.07 Å². The Bertz CT molecular complexity index is 634. The van der Waals surface area contributed by atoms with Gasteiger partial charge in [-0.25, -0.2) is 4.39 Å². The van der Waals surface area contributed by atoms with Crippen LogP contribution in [0.2, 0.25) is 5.02 Å². The zero-order chi connectivity index (χ0) is 13.1. The first-order chi connectivity index (χ1) is 8.60. The first kappa shape index (κ1) is 12.4. The molecule has 0 atom stereocenters. The average molecular weight is 262 g/mol. The maximum Gasteiger partial charge on any atom is 0.145 e. The van der Waals surface area contributed by atoms with Crippen LogP contribution in [0, 0.1) is 24.1 Å². The van der Waals surface area contributed by atoms with E-state index in [9.17, 15) is 4.39 Å². The largest absolute Gasteiger partial charge is 0.457 e. The fourth-order valence-corrected chi connectivity index (χ4v) is 1.62. The van der Waals surface area contributed by atoms with Crippen LogP contribution in [0.3, 0.4) is 0 Å². The molecule has 0 saturated heterocycles. The van der Waals surface area contributed by atoms with Gasteiger partial charge in [0.25, 0.3) is 0 Å². The van der Waals surface area contributed by atoms with Crippen molar-refractivity contribution >= 4 is 11.6 Å². The molecule has 2 aromatic rings. The number of ether oxygens (including phenoxy) is 1. The molecule has 0 spiro atoms. The SMILES string of the molecule is Cc1cc(Oc2ccc(Cl)c(F)c2)ccc1C#N. The lowest BCUT2D eigenvalue weighted by atomic mass is 10.1. The van der Waals surface area contributed by atoms with Crippen LogP contribution in [0.1, 0.15) is 11.1 Å². The van der Waals surface area contributed by atoms with Gasteiger partial charge < -0.3 is 4.74 Å². The fraction of sp³-hybridized carbons (Fsp3) is 0.0714. The van der Waals surface area contributed by atoms with Crippen LogP contribution in [-0.2, 0) is 0 Å². The number of hydrogen-bond acceptors (Lipinski definition) is 2. The highest BCUT2D eigenvalue weighted by Gasteiger charge is 2.04. The van der Waals surface area contributed by atoms with Crippen molar-refractivity contribution in [2.24, 2.45) is 0 Å². The molecule has 0 aliphatic heterocycles. The molecule has 4 heteroatoms. The van der Waals surface area contributed by atoms with E-state index < -0.39 is 5.82 Å². The highest BCUT2D eigenvalue weighted by Crippen LogP contribution is 2.26. The molecule has 2 nitrogen and oxygen atoms in total. The lowest BCUT2D eigenvalue weighted by molar-refractivity contribution is 0.476. The Labute approximate surface area is 109 Å². The van der Waals surface area contributed by atoms with E-state index in [0.29, 0.717) is 17.1 Å². The van der Waals surface area contributed by atoms with Gasteiger partial charge in [-0.05, 0) is 42.8 Å². The van der Waals surface area contributed by atoms with Gasteiger partial charge in [0.05, 0.1) is 16.7 Å². The molecule has 0 N–H and O–H groups in total. The lowest BCUT2D eigenvalue weighted by Gasteiger charge is -2.07. The summed E-state index contributed by atoms with van der Waals surface area (Å²) in [6.45, 7) is 1.81. The average Bonchev–Trinajstić information content (AvgIpc) is 2.34. The molecule has 0 saturated carbocycles. The van der Waals surface area contributed by atoms with Gasteiger partial charge in [-0.1, -0.05) is 11.6 Å². The monoisotopic (exact) mass is 261 g/mol. The van der Waals surface area contributed by atoms with Gasteiger partial charge in [0.15, 0.2) is 0 Å². The number of benzene rings is 2. The molecular weight excluding hydrogens is 253 g/mol. The first-order valence-corrected chi connectivity index (χ1v) is 5.61. The molecule has 0 aliphatic rings. The number of hydrogen-bond donors (Lipinski definition) is 0. The maximum absolute atomic E-state index is 13.2. The molecule has 2 rings (SSSR count). The Hall–Kier alpha value is -2.05. The third kappa shape index (κ3) is 2.61. The second kappa shape index (κ2) is 5.07. The van der Waals surface area contributed by atoms with Crippen molar-refractivity contribution in [2.75, 3.05) is 0 Å². The normalized spacial score (nSPS) is 9.89. The van der Waals surface area contributed by atoms with Crippen LogP contribution >= 0.6 is 11.6 Å². The minimum Gasteiger partial charge on any atom is -0.457 e. The van der Waals surface area contributed by atoms with E-state index in [1.54, 1.807) is 24.3 Å². The minimum atomic E-state index is -0.528. The van der Waals surface area contributed by atoms with Gasteiger partial charge in [0.2, 0.25) is 0 Å². The Balaban J connectivity index is 2.26. The van der Waals surface area contributed by atoms with Crippen molar-refractivity contribution in [2.45, 2.75) is 6.92 Å². The zero-order valence-electron chi connectivity index (χ0n) is 9.58. The highest BCUT2D eigenvalue weighted by atomic mass is 35.5. The summed E-state index contributed by atoms with van der Waals surface area (Å²) in [6.07, 6.45) is 0. The van der Waals surface area contributed by atoms with Crippen molar-refractivity contribution < 1.29 is 9.13 Å². The van der Waals surface area contributed by atoms with Crippen molar-refractivity contribution in [1.82, 2.24) is 0 Å². The molecule has 0 radical (unpaired) electrons. The molecule has 0 bridgehead atoms. The van der Waals surface area contributed by atoms with E-state index in [1.807, 2.05) is 6.92 Å². The molecule has 0 aromatic heterocycles. The topological polar surface area (TPSA) is 33.0 Å². The second-order valence-corrected chi connectivity index (χ2v) is 4.17. The summed E-state index contributed by atoms with van der Waals surface area (Å²) < 4.78 is 18.7. The molecule has 0 unspecified atom stereocenters. The first-order valence-electron chi connectivity index (χ1n) is 5.24.